The van der Waals surface area contributed by atoms with Crippen molar-refractivity contribution in [3.8, 4) is 0 Å². The standard InChI is InChI=1S/C26H50O5/c1-2-3-4-5-6-7-8-9-10-11-12-13-14-15-16-17-18-19-20-30-22-24-26(29)25(28)23(27)21-31-24/h19-20,23-29H,2-18,21-22H2,1H3/b20-19+/t23-,24+,25+,26+/m0/s1. The highest BCUT2D eigenvalue weighted by Crippen LogP contribution is 2.16. The van der Waals surface area contributed by atoms with E-state index in [-0.39, 0.29) is 13.2 Å². The Hall–Kier alpha value is -0.620. The van der Waals surface area contributed by atoms with Crippen LogP contribution in [0.2, 0.25) is 0 Å². The van der Waals surface area contributed by atoms with Crippen molar-refractivity contribution in [2.75, 3.05) is 13.2 Å². The third-order valence-corrected chi connectivity index (χ3v) is 6.28. The van der Waals surface area contributed by atoms with Gasteiger partial charge in [0.05, 0.1) is 12.9 Å². The quantitative estimate of drug-likeness (QED) is 0.168. The largest absolute Gasteiger partial charge is 0.499 e. The average molecular weight is 443 g/mol. The minimum atomic E-state index is -1.17. The smallest absolute Gasteiger partial charge is 0.120 e. The molecular weight excluding hydrogens is 392 g/mol. The monoisotopic (exact) mass is 442 g/mol. The Balaban J connectivity index is 1.78. The van der Waals surface area contributed by atoms with Crippen LogP contribution in [-0.4, -0.2) is 52.9 Å². The molecule has 0 aliphatic carbocycles. The molecule has 0 aromatic rings. The van der Waals surface area contributed by atoms with Crippen molar-refractivity contribution in [1.82, 2.24) is 0 Å². The number of rotatable bonds is 20. The van der Waals surface area contributed by atoms with Gasteiger partial charge in [0.2, 0.25) is 0 Å². The molecule has 0 aromatic heterocycles. The van der Waals surface area contributed by atoms with Crippen LogP contribution in [0.25, 0.3) is 0 Å². The number of aliphatic hydroxyl groups excluding tert-OH is 3. The molecule has 0 bridgehead atoms. The maximum Gasteiger partial charge on any atom is 0.120 e. The lowest BCUT2D eigenvalue weighted by Crippen LogP contribution is -2.54. The Bertz CT molecular complexity index is 415. The number of allylic oxidation sites excluding steroid dienone is 1. The molecule has 0 radical (unpaired) electrons. The molecule has 0 saturated carbocycles. The summed E-state index contributed by atoms with van der Waals surface area (Å²) in [6, 6.07) is 0. The number of hydrogen-bond donors (Lipinski definition) is 3. The van der Waals surface area contributed by atoms with E-state index in [0.717, 1.165) is 6.42 Å². The van der Waals surface area contributed by atoms with E-state index in [4.69, 9.17) is 9.47 Å². The predicted molar refractivity (Wildman–Crippen MR) is 127 cm³/mol. The van der Waals surface area contributed by atoms with Crippen molar-refractivity contribution < 1.29 is 24.8 Å². The van der Waals surface area contributed by atoms with Gasteiger partial charge < -0.3 is 24.8 Å². The van der Waals surface area contributed by atoms with Gasteiger partial charge in [0, 0.05) is 0 Å². The van der Waals surface area contributed by atoms with Gasteiger partial charge in [-0.3, -0.25) is 0 Å². The van der Waals surface area contributed by atoms with Crippen LogP contribution in [0.1, 0.15) is 116 Å². The van der Waals surface area contributed by atoms with E-state index in [2.05, 4.69) is 6.92 Å². The molecule has 1 aliphatic rings. The second kappa shape index (κ2) is 20.0. The number of aliphatic hydroxyl groups is 3. The van der Waals surface area contributed by atoms with Gasteiger partial charge in [-0.15, -0.1) is 0 Å². The van der Waals surface area contributed by atoms with Gasteiger partial charge in [-0.1, -0.05) is 103 Å². The molecule has 184 valence electrons. The normalized spacial score (nSPS) is 24.1. The first-order chi connectivity index (χ1) is 15.2. The van der Waals surface area contributed by atoms with Crippen LogP contribution in [0.15, 0.2) is 12.3 Å². The zero-order chi connectivity index (χ0) is 22.6. The summed E-state index contributed by atoms with van der Waals surface area (Å²) in [4.78, 5) is 0. The fraction of sp³-hybridized carbons (Fsp3) is 0.923. The zero-order valence-electron chi connectivity index (χ0n) is 20.1. The molecule has 0 aromatic carbocycles. The molecule has 0 spiro atoms. The second-order valence-corrected chi connectivity index (χ2v) is 9.22. The van der Waals surface area contributed by atoms with Crippen molar-refractivity contribution in [2.45, 2.75) is 140 Å². The molecule has 0 amide bonds. The fourth-order valence-corrected chi connectivity index (χ4v) is 4.11. The summed E-state index contributed by atoms with van der Waals surface area (Å²) in [7, 11) is 0. The molecule has 1 saturated heterocycles. The van der Waals surface area contributed by atoms with E-state index >= 15 is 0 Å². The summed E-state index contributed by atoms with van der Waals surface area (Å²) < 4.78 is 10.7. The Morgan fingerprint density at radius 2 is 1.19 bits per heavy atom. The number of hydrogen-bond acceptors (Lipinski definition) is 5. The molecule has 5 heteroatoms. The Labute approximate surface area is 191 Å². The summed E-state index contributed by atoms with van der Waals surface area (Å²) in [6.07, 6.45) is 22.8. The molecule has 1 rings (SSSR count). The first kappa shape index (κ1) is 28.4. The first-order valence-corrected chi connectivity index (χ1v) is 13.1. The van der Waals surface area contributed by atoms with Crippen LogP contribution in [-0.2, 0) is 9.47 Å². The SMILES string of the molecule is CCCCCCCCCCCCCCCCCC/C=C/OC[C@H]1OC[C@H](O)[C@@H](O)[C@@H]1O. The van der Waals surface area contributed by atoms with E-state index in [1.54, 1.807) is 6.26 Å². The molecule has 31 heavy (non-hydrogen) atoms. The molecular formula is C26H50O5. The van der Waals surface area contributed by atoms with Crippen LogP contribution < -0.4 is 0 Å². The Morgan fingerprint density at radius 1 is 0.710 bits per heavy atom. The van der Waals surface area contributed by atoms with Gasteiger partial charge in [0.1, 0.15) is 31.0 Å². The summed E-state index contributed by atoms with van der Waals surface area (Å²) >= 11 is 0. The Morgan fingerprint density at radius 3 is 1.71 bits per heavy atom. The fourth-order valence-electron chi connectivity index (χ4n) is 4.11. The lowest BCUT2D eigenvalue weighted by Gasteiger charge is -2.34. The minimum absolute atomic E-state index is 0.0230. The topological polar surface area (TPSA) is 79.2 Å². The van der Waals surface area contributed by atoms with E-state index in [1.165, 1.54) is 103 Å². The van der Waals surface area contributed by atoms with Crippen molar-refractivity contribution >= 4 is 0 Å². The van der Waals surface area contributed by atoms with Crippen molar-refractivity contribution in [3.63, 3.8) is 0 Å². The van der Waals surface area contributed by atoms with Crippen LogP contribution in [0.5, 0.6) is 0 Å². The molecule has 1 heterocycles. The highest BCUT2D eigenvalue weighted by Gasteiger charge is 2.37. The maximum absolute atomic E-state index is 9.83. The summed E-state index contributed by atoms with van der Waals surface area (Å²) in [5.74, 6) is 0. The van der Waals surface area contributed by atoms with Gasteiger partial charge in [-0.05, 0) is 18.9 Å². The molecule has 4 atom stereocenters. The maximum atomic E-state index is 9.83. The van der Waals surface area contributed by atoms with E-state index in [0.29, 0.717) is 0 Å². The summed E-state index contributed by atoms with van der Waals surface area (Å²) in [5.41, 5.74) is 0. The van der Waals surface area contributed by atoms with Gasteiger partial charge in [-0.25, -0.2) is 0 Å². The second-order valence-electron chi connectivity index (χ2n) is 9.22. The van der Waals surface area contributed by atoms with Gasteiger partial charge >= 0.3 is 0 Å². The van der Waals surface area contributed by atoms with Crippen LogP contribution in [0.4, 0.5) is 0 Å². The zero-order valence-corrected chi connectivity index (χ0v) is 20.1. The first-order valence-electron chi connectivity index (χ1n) is 13.1. The van der Waals surface area contributed by atoms with Gasteiger partial charge in [0.25, 0.3) is 0 Å². The molecule has 3 N–H and O–H groups in total. The molecule has 1 fully saturated rings. The summed E-state index contributed by atoms with van der Waals surface area (Å²) in [5, 5.41) is 28.9. The van der Waals surface area contributed by atoms with Gasteiger partial charge in [0.15, 0.2) is 0 Å². The van der Waals surface area contributed by atoms with Crippen molar-refractivity contribution in [1.29, 1.82) is 0 Å². The van der Waals surface area contributed by atoms with Crippen molar-refractivity contribution in [3.05, 3.63) is 12.3 Å². The van der Waals surface area contributed by atoms with Crippen LogP contribution in [0.3, 0.4) is 0 Å². The van der Waals surface area contributed by atoms with E-state index in [1.807, 2.05) is 6.08 Å². The van der Waals surface area contributed by atoms with Crippen LogP contribution in [0, 0.1) is 0 Å². The van der Waals surface area contributed by atoms with E-state index in [9.17, 15) is 15.3 Å². The lowest BCUT2D eigenvalue weighted by atomic mass is 10.0. The average Bonchev–Trinajstić information content (AvgIpc) is 2.77. The van der Waals surface area contributed by atoms with Gasteiger partial charge in [-0.2, -0.15) is 0 Å². The minimum Gasteiger partial charge on any atom is -0.499 e. The van der Waals surface area contributed by atoms with E-state index < -0.39 is 24.4 Å². The number of ether oxygens (including phenoxy) is 2. The Kier molecular flexibility index (Phi) is 18.3. The van der Waals surface area contributed by atoms with Crippen LogP contribution >= 0.6 is 0 Å². The molecule has 0 unspecified atom stereocenters. The summed E-state index contributed by atoms with van der Waals surface area (Å²) in [6.45, 7) is 2.48. The lowest BCUT2D eigenvalue weighted by molar-refractivity contribution is -0.195. The van der Waals surface area contributed by atoms with Crippen molar-refractivity contribution in [2.24, 2.45) is 0 Å². The third kappa shape index (κ3) is 15.0. The molecule has 1 aliphatic heterocycles. The predicted octanol–water partition coefficient (Wildman–Crippen LogP) is 5.65. The molecule has 5 nitrogen and oxygen atoms in total. The third-order valence-electron chi connectivity index (χ3n) is 6.28. The highest BCUT2D eigenvalue weighted by atomic mass is 16.6. The number of unbranched alkanes of at least 4 members (excludes halogenated alkanes) is 16. The highest BCUT2D eigenvalue weighted by molar-refractivity contribution is 4.87.